The molecule has 11 heteroatoms. The van der Waals surface area contributed by atoms with E-state index in [0.29, 0.717) is 27.8 Å². The summed E-state index contributed by atoms with van der Waals surface area (Å²) in [6.07, 6.45) is 1.54. The van der Waals surface area contributed by atoms with Gasteiger partial charge in [-0.3, -0.25) is 19.3 Å². The van der Waals surface area contributed by atoms with Crippen molar-refractivity contribution in [1.82, 2.24) is 4.90 Å². The summed E-state index contributed by atoms with van der Waals surface area (Å²) in [7, 11) is 1.47. The lowest BCUT2D eigenvalue weighted by Gasteiger charge is -2.13. The van der Waals surface area contributed by atoms with Crippen LogP contribution < -0.4 is 14.8 Å². The standard InChI is InChI=1S/C27H21ClN2O7S/c1-36-22-12-17(8-11-21(22)37-15-16-6-9-18(10-7-16)26(33)34)13-23-25(32)30(27(35)38-23)14-24(31)29-20-5-3-2-4-19(20)28/h2-13H,14-15H2,1H3,(H,29,31)(H,33,34)/b23-13+. The summed E-state index contributed by atoms with van der Waals surface area (Å²) in [5, 5.41) is 11.4. The monoisotopic (exact) mass is 552 g/mol. The minimum Gasteiger partial charge on any atom is -0.493 e. The summed E-state index contributed by atoms with van der Waals surface area (Å²) in [4.78, 5) is 49.7. The maximum absolute atomic E-state index is 12.8. The summed E-state index contributed by atoms with van der Waals surface area (Å²) < 4.78 is 11.2. The number of hydrogen-bond acceptors (Lipinski definition) is 7. The number of imide groups is 1. The van der Waals surface area contributed by atoms with E-state index in [2.05, 4.69) is 5.32 Å². The number of hydrogen-bond donors (Lipinski definition) is 2. The molecule has 4 rings (SSSR count). The molecular formula is C27H21ClN2O7S. The number of benzene rings is 3. The van der Waals surface area contributed by atoms with E-state index >= 15 is 0 Å². The fraction of sp³-hybridized carbons (Fsp3) is 0.111. The lowest BCUT2D eigenvalue weighted by molar-refractivity contribution is -0.127. The van der Waals surface area contributed by atoms with Crippen LogP contribution in [0.1, 0.15) is 21.5 Å². The highest BCUT2D eigenvalue weighted by atomic mass is 35.5. The minimum absolute atomic E-state index is 0.162. The van der Waals surface area contributed by atoms with Crippen LogP contribution in [0.5, 0.6) is 11.5 Å². The molecule has 1 aliphatic rings. The number of thioether (sulfide) groups is 1. The number of methoxy groups -OCH3 is 1. The molecule has 0 unspecified atom stereocenters. The van der Waals surface area contributed by atoms with Gasteiger partial charge in [-0.1, -0.05) is 41.9 Å². The first-order valence-electron chi connectivity index (χ1n) is 11.2. The maximum Gasteiger partial charge on any atom is 0.335 e. The van der Waals surface area contributed by atoms with E-state index < -0.39 is 29.6 Å². The van der Waals surface area contributed by atoms with Gasteiger partial charge in [0.05, 0.1) is 28.3 Å². The Hall–Kier alpha value is -4.28. The van der Waals surface area contributed by atoms with Gasteiger partial charge in [0.25, 0.3) is 11.1 Å². The summed E-state index contributed by atoms with van der Waals surface area (Å²) in [5.74, 6) is -1.30. The van der Waals surface area contributed by atoms with Crippen LogP contribution in [0.3, 0.4) is 0 Å². The predicted octanol–water partition coefficient (Wildman–Crippen LogP) is 5.30. The van der Waals surface area contributed by atoms with Crippen LogP contribution in [0.25, 0.3) is 6.08 Å². The molecule has 1 aliphatic heterocycles. The van der Waals surface area contributed by atoms with Gasteiger partial charge in [0.2, 0.25) is 5.91 Å². The van der Waals surface area contributed by atoms with Gasteiger partial charge in [0.1, 0.15) is 13.2 Å². The van der Waals surface area contributed by atoms with Crippen molar-refractivity contribution in [2.24, 2.45) is 0 Å². The molecule has 1 fully saturated rings. The van der Waals surface area contributed by atoms with Gasteiger partial charge in [-0.15, -0.1) is 0 Å². The molecule has 3 aromatic rings. The highest BCUT2D eigenvalue weighted by Crippen LogP contribution is 2.35. The molecule has 0 saturated carbocycles. The summed E-state index contributed by atoms with van der Waals surface area (Å²) in [6.45, 7) is -0.262. The first-order valence-corrected chi connectivity index (χ1v) is 12.4. The molecule has 3 aromatic carbocycles. The number of carbonyl (C=O) groups excluding carboxylic acids is 3. The van der Waals surface area contributed by atoms with E-state index in [4.69, 9.17) is 26.2 Å². The first kappa shape index (κ1) is 26.8. The molecule has 0 atom stereocenters. The van der Waals surface area contributed by atoms with Crippen LogP contribution in [-0.2, 0) is 16.2 Å². The van der Waals surface area contributed by atoms with E-state index in [1.54, 1.807) is 54.6 Å². The Morgan fingerprint density at radius 2 is 1.79 bits per heavy atom. The average molecular weight is 553 g/mol. The molecule has 0 aromatic heterocycles. The fourth-order valence-electron chi connectivity index (χ4n) is 3.48. The lowest BCUT2D eigenvalue weighted by atomic mass is 10.1. The second-order valence-electron chi connectivity index (χ2n) is 8.00. The average Bonchev–Trinajstić information content (AvgIpc) is 3.16. The number of carboxylic acid groups (broad SMARTS) is 1. The summed E-state index contributed by atoms with van der Waals surface area (Å²) >= 11 is 6.78. The van der Waals surface area contributed by atoms with E-state index in [-0.39, 0.29) is 17.1 Å². The van der Waals surface area contributed by atoms with Crippen LogP contribution in [-0.4, -0.2) is 46.7 Å². The van der Waals surface area contributed by atoms with Crippen molar-refractivity contribution in [3.05, 3.63) is 93.3 Å². The molecule has 38 heavy (non-hydrogen) atoms. The molecule has 3 amide bonds. The Kier molecular flexibility index (Phi) is 8.35. The van der Waals surface area contributed by atoms with E-state index in [0.717, 1.165) is 22.2 Å². The van der Waals surface area contributed by atoms with Crippen LogP contribution in [0.2, 0.25) is 5.02 Å². The summed E-state index contributed by atoms with van der Waals surface area (Å²) in [5.41, 5.74) is 1.93. The van der Waals surface area contributed by atoms with Gasteiger partial charge >= 0.3 is 5.97 Å². The fourth-order valence-corrected chi connectivity index (χ4v) is 4.50. The van der Waals surface area contributed by atoms with Gasteiger partial charge in [0.15, 0.2) is 11.5 Å². The molecule has 1 heterocycles. The number of aromatic carboxylic acids is 1. The second-order valence-corrected chi connectivity index (χ2v) is 9.40. The van der Waals surface area contributed by atoms with Crippen molar-refractivity contribution in [3.63, 3.8) is 0 Å². The molecule has 9 nitrogen and oxygen atoms in total. The molecule has 2 N–H and O–H groups in total. The number of carbonyl (C=O) groups is 4. The van der Waals surface area contributed by atoms with Crippen molar-refractivity contribution >= 4 is 58.1 Å². The van der Waals surface area contributed by atoms with Crippen LogP contribution in [0.15, 0.2) is 71.6 Å². The third-order valence-electron chi connectivity index (χ3n) is 5.40. The van der Waals surface area contributed by atoms with Gasteiger partial charge in [-0.05, 0) is 65.4 Å². The number of carboxylic acids is 1. The Morgan fingerprint density at radius 1 is 1.05 bits per heavy atom. The van der Waals surface area contributed by atoms with Crippen molar-refractivity contribution in [3.8, 4) is 11.5 Å². The van der Waals surface area contributed by atoms with Crippen LogP contribution >= 0.6 is 23.4 Å². The van der Waals surface area contributed by atoms with Crippen molar-refractivity contribution in [1.29, 1.82) is 0 Å². The maximum atomic E-state index is 12.8. The number of rotatable bonds is 9. The molecule has 0 aliphatic carbocycles. The zero-order chi connectivity index (χ0) is 27.2. The summed E-state index contributed by atoms with van der Waals surface area (Å²) in [6, 6.07) is 18.0. The zero-order valence-corrected chi connectivity index (χ0v) is 21.5. The second kappa shape index (κ2) is 11.8. The van der Waals surface area contributed by atoms with Crippen LogP contribution in [0.4, 0.5) is 10.5 Å². The number of ether oxygens (including phenoxy) is 2. The van der Waals surface area contributed by atoms with Crippen molar-refractivity contribution in [2.45, 2.75) is 6.61 Å². The quantitative estimate of drug-likeness (QED) is 0.343. The Labute approximate surface area is 227 Å². The number of nitrogens with zero attached hydrogens (tertiary/aromatic N) is 1. The van der Waals surface area contributed by atoms with Crippen molar-refractivity contribution < 1.29 is 33.8 Å². The van der Waals surface area contributed by atoms with Crippen molar-refractivity contribution in [2.75, 3.05) is 19.0 Å². The van der Waals surface area contributed by atoms with Gasteiger partial charge < -0.3 is 19.9 Å². The number of halogens is 1. The molecular weight excluding hydrogens is 532 g/mol. The van der Waals surface area contributed by atoms with Crippen LogP contribution in [0, 0.1) is 0 Å². The predicted molar refractivity (Wildman–Crippen MR) is 143 cm³/mol. The molecule has 194 valence electrons. The number of anilines is 1. The lowest BCUT2D eigenvalue weighted by Crippen LogP contribution is -2.36. The molecule has 0 radical (unpaired) electrons. The van der Waals surface area contributed by atoms with Gasteiger partial charge in [-0.25, -0.2) is 4.79 Å². The van der Waals surface area contributed by atoms with E-state index in [1.807, 2.05) is 0 Å². The number of amides is 3. The Morgan fingerprint density at radius 3 is 2.47 bits per heavy atom. The highest BCUT2D eigenvalue weighted by Gasteiger charge is 2.36. The molecule has 1 saturated heterocycles. The molecule has 0 spiro atoms. The minimum atomic E-state index is -1.01. The van der Waals surface area contributed by atoms with E-state index in [9.17, 15) is 19.2 Å². The third kappa shape index (κ3) is 6.34. The molecule has 0 bridgehead atoms. The zero-order valence-electron chi connectivity index (χ0n) is 20.0. The van der Waals surface area contributed by atoms with Gasteiger partial charge in [-0.2, -0.15) is 0 Å². The topological polar surface area (TPSA) is 122 Å². The van der Waals surface area contributed by atoms with Gasteiger partial charge in [0, 0.05) is 0 Å². The Bertz CT molecular complexity index is 1440. The number of para-hydroxylation sites is 1. The smallest absolute Gasteiger partial charge is 0.335 e. The normalized spacial score (nSPS) is 14.1. The largest absolute Gasteiger partial charge is 0.493 e. The number of nitrogens with one attached hydrogen (secondary N) is 1. The van der Waals surface area contributed by atoms with E-state index in [1.165, 1.54) is 25.3 Å². The third-order valence-corrected chi connectivity index (χ3v) is 6.64. The Balaban J connectivity index is 1.42. The highest BCUT2D eigenvalue weighted by molar-refractivity contribution is 8.18. The SMILES string of the molecule is COc1cc(/C=C2/SC(=O)N(CC(=O)Nc3ccccc3Cl)C2=O)ccc1OCc1ccc(C(=O)O)cc1. The first-order chi connectivity index (χ1) is 18.2.